The number of nitrogens with one attached hydrogen (secondary N) is 1. The first-order valence-electron chi connectivity index (χ1n) is 5.38. The number of halogens is 1. The Balaban J connectivity index is 2.07. The van der Waals surface area contributed by atoms with Crippen LogP contribution < -0.4 is 11.3 Å². The van der Waals surface area contributed by atoms with Crippen molar-refractivity contribution in [3.05, 3.63) is 29.0 Å². The van der Waals surface area contributed by atoms with Gasteiger partial charge in [-0.15, -0.1) is 0 Å². The SMILES string of the molecule is NNC(CC1CCC1)c1ncccc1Cl. The van der Waals surface area contributed by atoms with Crippen LogP contribution in [0.2, 0.25) is 5.02 Å². The quantitative estimate of drug-likeness (QED) is 0.611. The highest BCUT2D eigenvalue weighted by atomic mass is 35.5. The number of pyridine rings is 1. The van der Waals surface area contributed by atoms with Crippen molar-refractivity contribution in [1.82, 2.24) is 10.4 Å². The first-order chi connectivity index (χ1) is 7.31. The molecule has 0 spiro atoms. The Kier molecular flexibility index (Phi) is 3.57. The molecule has 1 aliphatic carbocycles. The third-order valence-corrected chi connectivity index (χ3v) is 3.43. The van der Waals surface area contributed by atoms with Gasteiger partial charge in [0, 0.05) is 6.20 Å². The summed E-state index contributed by atoms with van der Waals surface area (Å²) in [6.45, 7) is 0. The van der Waals surface area contributed by atoms with Gasteiger partial charge in [-0.3, -0.25) is 16.3 Å². The number of rotatable bonds is 4. The molecule has 4 heteroatoms. The van der Waals surface area contributed by atoms with E-state index in [2.05, 4.69) is 10.4 Å². The van der Waals surface area contributed by atoms with Crippen molar-refractivity contribution >= 4 is 11.6 Å². The third kappa shape index (κ3) is 2.48. The van der Waals surface area contributed by atoms with Crippen LogP contribution >= 0.6 is 11.6 Å². The zero-order valence-corrected chi connectivity index (χ0v) is 9.37. The second-order valence-corrected chi connectivity index (χ2v) is 4.53. The molecule has 1 aromatic heterocycles. The maximum atomic E-state index is 6.08. The van der Waals surface area contributed by atoms with Crippen LogP contribution in [-0.4, -0.2) is 4.98 Å². The second kappa shape index (κ2) is 4.92. The number of nitrogens with two attached hydrogens (primary N) is 1. The highest BCUT2D eigenvalue weighted by Crippen LogP contribution is 2.35. The zero-order chi connectivity index (χ0) is 10.7. The van der Waals surface area contributed by atoms with Gasteiger partial charge in [0.2, 0.25) is 0 Å². The van der Waals surface area contributed by atoms with Gasteiger partial charge in [0.15, 0.2) is 0 Å². The van der Waals surface area contributed by atoms with Crippen molar-refractivity contribution in [3.63, 3.8) is 0 Å². The highest BCUT2D eigenvalue weighted by Gasteiger charge is 2.24. The monoisotopic (exact) mass is 225 g/mol. The lowest BCUT2D eigenvalue weighted by Gasteiger charge is -2.29. The first kappa shape index (κ1) is 10.9. The summed E-state index contributed by atoms with van der Waals surface area (Å²) in [5.74, 6) is 6.33. The van der Waals surface area contributed by atoms with Crippen LogP contribution in [0.1, 0.15) is 37.4 Å². The van der Waals surface area contributed by atoms with E-state index in [1.165, 1.54) is 19.3 Å². The molecule has 3 nitrogen and oxygen atoms in total. The molecule has 3 N–H and O–H groups in total. The Morgan fingerprint density at radius 2 is 2.40 bits per heavy atom. The van der Waals surface area contributed by atoms with E-state index in [1.807, 2.05) is 12.1 Å². The summed E-state index contributed by atoms with van der Waals surface area (Å²) in [5.41, 5.74) is 3.68. The van der Waals surface area contributed by atoms with Gasteiger partial charge in [-0.1, -0.05) is 30.9 Å². The van der Waals surface area contributed by atoms with E-state index in [0.29, 0.717) is 5.02 Å². The van der Waals surface area contributed by atoms with E-state index in [0.717, 1.165) is 18.0 Å². The van der Waals surface area contributed by atoms with Gasteiger partial charge in [-0.25, -0.2) is 0 Å². The Morgan fingerprint density at radius 3 is 2.93 bits per heavy atom. The topological polar surface area (TPSA) is 50.9 Å². The minimum absolute atomic E-state index is 0.0870. The van der Waals surface area contributed by atoms with Gasteiger partial charge < -0.3 is 0 Å². The minimum atomic E-state index is 0.0870. The lowest BCUT2D eigenvalue weighted by molar-refractivity contribution is 0.260. The van der Waals surface area contributed by atoms with E-state index in [4.69, 9.17) is 17.4 Å². The molecule has 1 fully saturated rings. The minimum Gasteiger partial charge on any atom is -0.271 e. The maximum absolute atomic E-state index is 6.08. The zero-order valence-electron chi connectivity index (χ0n) is 8.62. The van der Waals surface area contributed by atoms with Crippen molar-refractivity contribution in [2.24, 2.45) is 11.8 Å². The van der Waals surface area contributed by atoms with Crippen molar-refractivity contribution in [1.29, 1.82) is 0 Å². The summed E-state index contributed by atoms with van der Waals surface area (Å²) in [6, 6.07) is 3.78. The van der Waals surface area contributed by atoms with Crippen molar-refractivity contribution in [3.8, 4) is 0 Å². The predicted octanol–water partition coefficient (Wildman–Crippen LogP) is 2.43. The molecular formula is C11H16ClN3. The van der Waals surface area contributed by atoms with Crippen LogP contribution in [0, 0.1) is 5.92 Å². The molecule has 1 heterocycles. The lowest BCUT2D eigenvalue weighted by Crippen LogP contribution is -2.31. The molecule has 1 aromatic rings. The summed E-state index contributed by atoms with van der Waals surface area (Å²) >= 11 is 6.08. The average Bonchev–Trinajstić information content (AvgIpc) is 2.19. The number of hydrazine groups is 1. The Morgan fingerprint density at radius 1 is 1.60 bits per heavy atom. The standard InChI is InChI=1S/C11H16ClN3/c12-9-5-2-6-14-11(9)10(15-13)7-8-3-1-4-8/h2,5-6,8,10,15H,1,3-4,7,13H2. The van der Waals surface area contributed by atoms with Crippen LogP contribution in [0.25, 0.3) is 0 Å². The van der Waals surface area contributed by atoms with Crippen LogP contribution in [0.4, 0.5) is 0 Å². The normalized spacial score (nSPS) is 18.5. The van der Waals surface area contributed by atoms with Gasteiger partial charge >= 0.3 is 0 Å². The smallest absolute Gasteiger partial charge is 0.0772 e. The summed E-state index contributed by atoms with van der Waals surface area (Å²) in [7, 11) is 0. The van der Waals surface area contributed by atoms with Crippen LogP contribution in [-0.2, 0) is 0 Å². The van der Waals surface area contributed by atoms with Crippen molar-refractivity contribution < 1.29 is 0 Å². The number of hydrogen-bond acceptors (Lipinski definition) is 3. The van der Waals surface area contributed by atoms with Gasteiger partial charge in [0.25, 0.3) is 0 Å². The highest BCUT2D eigenvalue weighted by molar-refractivity contribution is 6.31. The van der Waals surface area contributed by atoms with Gasteiger partial charge in [0.1, 0.15) is 0 Å². The Bertz CT molecular complexity index is 325. The first-order valence-corrected chi connectivity index (χ1v) is 5.75. The van der Waals surface area contributed by atoms with E-state index in [9.17, 15) is 0 Å². The predicted molar refractivity (Wildman–Crippen MR) is 61.3 cm³/mol. The molecular weight excluding hydrogens is 210 g/mol. The lowest BCUT2D eigenvalue weighted by atomic mass is 9.80. The molecule has 82 valence electrons. The van der Waals surface area contributed by atoms with E-state index < -0.39 is 0 Å². The summed E-state index contributed by atoms with van der Waals surface area (Å²) < 4.78 is 0. The Hall–Kier alpha value is -0.640. The van der Waals surface area contributed by atoms with Crippen molar-refractivity contribution in [2.45, 2.75) is 31.7 Å². The molecule has 1 unspecified atom stereocenters. The molecule has 1 saturated carbocycles. The molecule has 0 bridgehead atoms. The molecule has 15 heavy (non-hydrogen) atoms. The number of nitrogens with zero attached hydrogens (tertiary/aromatic N) is 1. The second-order valence-electron chi connectivity index (χ2n) is 4.12. The molecule has 1 atom stereocenters. The summed E-state index contributed by atoms with van der Waals surface area (Å²) in [4.78, 5) is 4.29. The molecule has 0 aliphatic heterocycles. The molecule has 0 saturated heterocycles. The number of hydrogen-bond donors (Lipinski definition) is 2. The fraction of sp³-hybridized carbons (Fsp3) is 0.545. The van der Waals surface area contributed by atoms with Gasteiger partial charge in [-0.2, -0.15) is 0 Å². The molecule has 0 amide bonds. The largest absolute Gasteiger partial charge is 0.271 e. The van der Waals surface area contributed by atoms with Crippen LogP contribution in [0.3, 0.4) is 0 Å². The average molecular weight is 226 g/mol. The Labute approximate surface area is 95.0 Å². The van der Waals surface area contributed by atoms with E-state index in [1.54, 1.807) is 6.20 Å². The van der Waals surface area contributed by atoms with E-state index >= 15 is 0 Å². The number of aromatic nitrogens is 1. The third-order valence-electron chi connectivity index (χ3n) is 3.11. The summed E-state index contributed by atoms with van der Waals surface area (Å²) in [5, 5.41) is 0.694. The van der Waals surface area contributed by atoms with Crippen LogP contribution in [0.5, 0.6) is 0 Å². The van der Waals surface area contributed by atoms with Gasteiger partial charge in [0.05, 0.1) is 16.8 Å². The molecule has 0 aromatic carbocycles. The van der Waals surface area contributed by atoms with Gasteiger partial charge in [-0.05, 0) is 24.5 Å². The van der Waals surface area contributed by atoms with E-state index in [-0.39, 0.29) is 6.04 Å². The van der Waals surface area contributed by atoms with Crippen molar-refractivity contribution in [2.75, 3.05) is 0 Å². The maximum Gasteiger partial charge on any atom is 0.0772 e. The summed E-state index contributed by atoms with van der Waals surface area (Å²) in [6.07, 6.45) is 6.75. The molecule has 1 aliphatic rings. The fourth-order valence-electron chi connectivity index (χ4n) is 1.97. The molecule has 0 radical (unpaired) electrons. The molecule has 2 rings (SSSR count). The fourth-order valence-corrected chi connectivity index (χ4v) is 2.23. The van der Waals surface area contributed by atoms with Crippen LogP contribution in [0.15, 0.2) is 18.3 Å².